The van der Waals surface area contributed by atoms with E-state index < -0.39 is 24.9 Å². The Balaban J connectivity index is 2.29. The van der Waals surface area contributed by atoms with E-state index in [0.717, 1.165) is 0 Å². The summed E-state index contributed by atoms with van der Waals surface area (Å²) in [5.41, 5.74) is 0. The number of carboxylic acids is 1. The number of hydrogen-bond donors (Lipinski definition) is 1. The molecule has 5 nitrogen and oxygen atoms in total. The molecule has 0 bridgehead atoms. The molecule has 0 aromatic carbocycles. The Hall–Kier alpha value is -1.24. The number of carbonyl (C=O) groups is 2. The lowest BCUT2D eigenvalue weighted by atomic mass is 9.99. The Bertz CT molecular complexity index is 311. The quantitative estimate of drug-likeness (QED) is 0.723. The van der Waals surface area contributed by atoms with E-state index in [4.69, 9.17) is 5.11 Å². The number of ether oxygens (including phenoxy) is 1. The van der Waals surface area contributed by atoms with Crippen molar-refractivity contribution in [2.24, 2.45) is 11.8 Å². The molecule has 0 radical (unpaired) electrons. The van der Waals surface area contributed by atoms with Gasteiger partial charge in [0.05, 0.1) is 18.9 Å². The molecule has 104 valence electrons. The Labute approximate surface area is 104 Å². The van der Waals surface area contributed by atoms with E-state index in [1.54, 1.807) is 6.92 Å². The molecule has 0 spiro atoms. The van der Waals surface area contributed by atoms with Crippen LogP contribution in [-0.4, -0.2) is 54.6 Å². The molecule has 1 rings (SSSR count). The largest absolute Gasteiger partial charge is 0.481 e. The molecule has 1 amide bonds. The third-order valence-electron chi connectivity index (χ3n) is 2.99. The maximum Gasteiger partial charge on any atom is 0.308 e. The Morgan fingerprint density at radius 1 is 1.44 bits per heavy atom. The van der Waals surface area contributed by atoms with Gasteiger partial charge in [0, 0.05) is 13.1 Å². The van der Waals surface area contributed by atoms with Crippen molar-refractivity contribution in [3.05, 3.63) is 0 Å². The highest BCUT2D eigenvalue weighted by Crippen LogP contribution is 2.23. The number of amides is 1. The van der Waals surface area contributed by atoms with Crippen molar-refractivity contribution < 1.29 is 28.2 Å². The molecular weight excluding hydrogens is 248 g/mol. The molecule has 0 aromatic heterocycles. The zero-order chi connectivity index (χ0) is 13.7. The first-order chi connectivity index (χ1) is 8.41. The topological polar surface area (TPSA) is 66.8 Å². The van der Waals surface area contributed by atoms with Crippen LogP contribution < -0.4 is 0 Å². The first-order valence-corrected chi connectivity index (χ1v) is 5.78. The fourth-order valence-electron chi connectivity index (χ4n) is 1.98. The summed E-state index contributed by atoms with van der Waals surface area (Å²) in [6.07, 6.45) is -2.53. The van der Waals surface area contributed by atoms with Crippen LogP contribution in [0, 0.1) is 11.8 Å². The number of alkyl halides is 2. The second-order valence-corrected chi connectivity index (χ2v) is 4.44. The fourth-order valence-corrected chi connectivity index (χ4v) is 1.98. The van der Waals surface area contributed by atoms with Crippen molar-refractivity contribution >= 4 is 11.9 Å². The molecule has 1 saturated heterocycles. The standard InChI is InChI=1S/C11H17F2NO4/c1-7-4-14(5-8(7)11(16)17)10(15)2-3-18-6-9(12)13/h7-9H,2-6H2,1H3,(H,16,17)/t7-,8-/m1/s1. The molecule has 0 unspecified atom stereocenters. The van der Waals surface area contributed by atoms with Gasteiger partial charge in [-0.05, 0) is 5.92 Å². The minimum atomic E-state index is -2.54. The SMILES string of the molecule is C[C@@H]1CN(C(=O)CCOCC(F)F)C[C@H]1C(=O)O. The van der Waals surface area contributed by atoms with E-state index in [2.05, 4.69) is 4.74 Å². The molecule has 7 heteroatoms. The van der Waals surface area contributed by atoms with Gasteiger partial charge in [-0.25, -0.2) is 8.78 Å². The van der Waals surface area contributed by atoms with E-state index in [9.17, 15) is 18.4 Å². The van der Waals surface area contributed by atoms with Gasteiger partial charge < -0.3 is 14.7 Å². The predicted octanol–water partition coefficient (Wildman–Crippen LogP) is 0.837. The van der Waals surface area contributed by atoms with Gasteiger partial charge in [0.2, 0.25) is 5.91 Å². The summed E-state index contributed by atoms with van der Waals surface area (Å²) in [6, 6.07) is 0. The Morgan fingerprint density at radius 3 is 2.61 bits per heavy atom. The van der Waals surface area contributed by atoms with Crippen LogP contribution >= 0.6 is 0 Å². The Kier molecular flexibility index (Phi) is 5.46. The highest BCUT2D eigenvalue weighted by Gasteiger charge is 2.36. The monoisotopic (exact) mass is 265 g/mol. The van der Waals surface area contributed by atoms with Gasteiger partial charge in [0.15, 0.2) is 0 Å². The van der Waals surface area contributed by atoms with Crippen LogP contribution in [0.5, 0.6) is 0 Å². The van der Waals surface area contributed by atoms with Gasteiger partial charge in [-0.15, -0.1) is 0 Å². The summed E-state index contributed by atoms with van der Waals surface area (Å²) >= 11 is 0. The molecule has 1 aliphatic heterocycles. The average Bonchev–Trinajstić information content (AvgIpc) is 2.66. The second-order valence-electron chi connectivity index (χ2n) is 4.44. The minimum absolute atomic E-state index is 0.00573. The van der Waals surface area contributed by atoms with Gasteiger partial charge in [-0.1, -0.05) is 6.92 Å². The zero-order valence-electron chi connectivity index (χ0n) is 10.1. The summed E-state index contributed by atoms with van der Waals surface area (Å²) in [6.45, 7) is 1.61. The summed E-state index contributed by atoms with van der Waals surface area (Å²) in [5, 5.41) is 8.91. The van der Waals surface area contributed by atoms with Gasteiger partial charge in [0.25, 0.3) is 6.43 Å². The lowest BCUT2D eigenvalue weighted by Crippen LogP contribution is -2.30. The molecule has 1 N–H and O–H groups in total. The van der Waals surface area contributed by atoms with Crippen molar-refractivity contribution in [3.63, 3.8) is 0 Å². The van der Waals surface area contributed by atoms with Crippen molar-refractivity contribution in [1.29, 1.82) is 0 Å². The van der Waals surface area contributed by atoms with Crippen molar-refractivity contribution in [2.75, 3.05) is 26.3 Å². The highest BCUT2D eigenvalue weighted by molar-refractivity contribution is 5.79. The zero-order valence-corrected chi connectivity index (χ0v) is 10.1. The fraction of sp³-hybridized carbons (Fsp3) is 0.818. The van der Waals surface area contributed by atoms with Crippen LogP contribution in [0.2, 0.25) is 0 Å². The Morgan fingerprint density at radius 2 is 2.11 bits per heavy atom. The first kappa shape index (κ1) is 14.8. The smallest absolute Gasteiger partial charge is 0.308 e. The third-order valence-corrected chi connectivity index (χ3v) is 2.99. The summed E-state index contributed by atoms with van der Waals surface area (Å²) < 4.78 is 28.1. The van der Waals surface area contributed by atoms with Crippen molar-refractivity contribution in [3.8, 4) is 0 Å². The lowest BCUT2D eigenvalue weighted by Gasteiger charge is -2.15. The molecule has 0 saturated carbocycles. The molecule has 0 aliphatic carbocycles. The number of carboxylic acid groups (broad SMARTS) is 1. The van der Waals surface area contributed by atoms with Gasteiger partial charge in [0.1, 0.15) is 6.61 Å². The van der Waals surface area contributed by atoms with Crippen LogP contribution in [-0.2, 0) is 14.3 Å². The second kappa shape index (κ2) is 6.63. The number of hydrogen-bond acceptors (Lipinski definition) is 3. The lowest BCUT2D eigenvalue weighted by molar-refractivity contribution is -0.142. The molecule has 1 aliphatic rings. The minimum Gasteiger partial charge on any atom is -0.481 e. The normalized spacial score (nSPS) is 23.7. The molecule has 1 heterocycles. The number of aliphatic carboxylic acids is 1. The number of halogens is 2. The maximum absolute atomic E-state index is 11.8. The van der Waals surface area contributed by atoms with E-state index in [-0.39, 0.29) is 31.4 Å². The summed E-state index contributed by atoms with van der Waals surface area (Å²) in [4.78, 5) is 24.0. The van der Waals surface area contributed by atoms with E-state index in [1.807, 2.05) is 0 Å². The number of nitrogens with zero attached hydrogens (tertiary/aromatic N) is 1. The maximum atomic E-state index is 11.8. The van der Waals surface area contributed by atoms with E-state index in [1.165, 1.54) is 4.90 Å². The van der Waals surface area contributed by atoms with Crippen molar-refractivity contribution in [1.82, 2.24) is 4.90 Å². The molecule has 1 fully saturated rings. The van der Waals surface area contributed by atoms with E-state index in [0.29, 0.717) is 6.54 Å². The third kappa shape index (κ3) is 4.21. The molecular formula is C11H17F2NO4. The van der Waals surface area contributed by atoms with Crippen LogP contribution in [0.25, 0.3) is 0 Å². The first-order valence-electron chi connectivity index (χ1n) is 5.78. The summed E-state index contributed by atoms with van der Waals surface area (Å²) in [7, 11) is 0. The number of likely N-dealkylation sites (tertiary alicyclic amines) is 1. The van der Waals surface area contributed by atoms with Crippen molar-refractivity contribution in [2.45, 2.75) is 19.8 Å². The van der Waals surface area contributed by atoms with Crippen LogP contribution in [0.1, 0.15) is 13.3 Å². The molecule has 2 atom stereocenters. The predicted molar refractivity (Wildman–Crippen MR) is 58.3 cm³/mol. The molecule has 0 aromatic rings. The van der Waals surface area contributed by atoms with Crippen LogP contribution in [0.4, 0.5) is 8.78 Å². The highest BCUT2D eigenvalue weighted by atomic mass is 19.3. The summed E-state index contributed by atoms with van der Waals surface area (Å²) in [5.74, 6) is -1.80. The average molecular weight is 265 g/mol. The molecule has 18 heavy (non-hydrogen) atoms. The number of carbonyl (C=O) groups excluding carboxylic acids is 1. The number of rotatable bonds is 6. The van der Waals surface area contributed by atoms with Gasteiger partial charge >= 0.3 is 5.97 Å². The van der Waals surface area contributed by atoms with E-state index >= 15 is 0 Å². The van der Waals surface area contributed by atoms with Crippen LogP contribution in [0.3, 0.4) is 0 Å². The van der Waals surface area contributed by atoms with Crippen LogP contribution in [0.15, 0.2) is 0 Å². The van der Waals surface area contributed by atoms with Gasteiger partial charge in [-0.3, -0.25) is 9.59 Å². The van der Waals surface area contributed by atoms with Gasteiger partial charge in [-0.2, -0.15) is 0 Å².